The molecule has 0 radical (unpaired) electrons. The van der Waals surface area contributed by atoms with Crippen LogP contribution < -0.4 is 20.1 Å². The van der Waals surface area contributed by atoms with Crippen LogP contribution in [-0.2, 0) is 11.2 Å². The second-order valence-electron chi connectivity index (χ2n) is 5.53. The second kappa shape index (κ2) is 10.0. The Morgan fingerprint density at radius 3 is 2.35 bits per heavy atom. The van der Waals surface area contributed by atoms with Gasteiger partial charge in [0.1, 0.15) is 0 Å². The molecule has 7 heteroatoms. The van der Waals surface area contributed by atoms with Gasteiger partial charge in [0.15, 0.2) is 11.5 Å². The van der Waals surface area contributed by atoms with E-state index in [1.807, 2.05) is 18.2 Å². The Hall–Kier alpha value is -3.09. The molecule has 0 unspecified atom stereocenters. The molecule has 2 amide bonds. The second-order valence-corrected chi connectivity index (χ2v) is 5.53. The Bertz CT molecular complexity index is 735. The smallest absolute Gasteiger partial charge is 0.251 e. The maximum absolute atomic E-state index is 11.9. The van der Waals surface area contributed by atoms with Crippen molar-refractivity contribution in [3.8, 4) is 11.5 Å². The Kier molecular flexibility index (Phi) is 7.42. The maximum atomic E-state index is 11.9. The number of aryl methyl sites for hydroxylation is 1. The van der Waals surface area contributed by atoms with Gasteiger partial charge in [0.2, 0.25) is 5.91 Å². The highest BCUT2D eigenvalue weighted by Crippen LogP contribution is 2.27. The van der Waals surface area contributed by atoms with E-state index in [2.05, 4.69) is 15.6 Å². The van der Waals surface area contributed by atoms with E-state index in [1.54, 1.807) is 38.7 Å². The molecule has 0 bridgehead atoms. The molecule has 2 N–H and O–H groups in total. The normalized spacial score (nSPS) is 10.1. The summed E-state index contributed by atoms with van der Waals surface area (Å²) in [7, 11) is 3.16. The van der Waals surface area contributed by atoms with Gasteiger partial charge in [0.05, 0.1) is 14.2 Å². The number of rotatable bonds is 9. The standard InChI is InChI=1S/C19H23N3O4/c1-25-16-5-3-14(13-17(16)26-2)4-6-18(23)21-11-12-22-19(24)15-7-9-20-10-8-15/h3,5,7-10,13H,4,6,11-12H2,1-2H3,(H,21,23)(H,22,24). The van der Waals surface area contributed by atoms with Crippen LogP contribution in [0.2, 0.25) is 0 Å². The third-order valence-corrected chi connectivity index (χ3v) is 3.76. The van der Waals surface area contributed by atoms with Crippen LogP contribution in [0.1, 0.15) is 22.3 Å². The van der Waals surface area contributed by atoms with Gasteiger partial charge in [-0.25, -0.2) is 0 Å². The highest BCUT2D eigenvalue weighted by atomic mass is 16.5. The summed E-state index contributed by atoms with van der Waals surface area (Å²) in [5.74, 6) is 1.04. The molecule has 0 aliphatic heterocycles. The molecule has 0 saturated carbocycles. The van der Waals surface area contributed by atoms with Crippen molar-refractivity contribution in [1.29, 1.82) is 0 Å². The first-order chi connectivity index (χ1) is 12.6. The number of ether oxygens (including phenoxy) is 2. The van der Waals surface area contributed by atoms with Gasteiger partial charge in [-0.05, 0) is 36.2 Å². The topological polar surface area (TPSA) is 89.6 Å². The molecule has 26 heavy (non-hydrogen) atoms. The van der Waals surface area contributed by atoms with Crippen LogP contribution in [0, 0.1) is 0 Å². The lowest BCUT2D eigenvalue weighted by molar-refractivity contribution is -0.121. The van der Waals surface area contributed by atoms with Crippen molar-refractivity contribution in [2.75, 3.05) is 27.3 Å². The van der Waals surface area contributed by atoms with Crippen LogP contribution in [0.4, 0.5) is 0 Å². The van der Waals surface area contributed by atoms with Crippen LogP contribution in [0.5, 0.6) is 11.5 Å². The lowest BCUT2D eigenvalue weighted by Crippen LogP contribution is -2.34. The SMILES string of the molecule is COc1ccc(CCC(=O)NCCNC(=O)c2ccncc2)cc1OC. The van der Waals surface area contributed by atoms with E-state index in [9.17, 15) is 9.59 Å². The lowest BCUT2D eigenvalue weighted by Gasteiger charge is -2.10. The van der Waals surface area contributed by atoms with Crippen molar-refractivity contribution in [3.05, 3.63) is 53.9 Å². The molecule has 1 heterocycles. The van der Waals surface area contributed by atoms with Gasteiger partial charge in [0.25, 0.3) is 5.91 Å². The highest BCUT2D eigenvalue weighted by molar-refractivity contribution is 5.93. The molecule has 0 aliphatic carbocycles. The molecule has 0 atom stereocenters. The van der Waals surface area contributed by atoms with Gasteiger partial charge in [-0.2, -0.15) is 0 Å². The van der Waals surface area contributed by atoms with Gasteiger partial charge >= 0.3 is 0 Å². The molecular formula is C19H23N3O4. The van der Waals surface area contributed by atoms with Crippen LogP contribution >= 0.6 is 0 Å². The number of aromatic nitrogens is 1. The molecule has 1 aromatic heterocycles. The third-order valence-electron chi connectivity index (χ3n) is 3.76. The average molecular weight is 357 g/mol. The lowest BCUT2D eigenvalue weighted by atomic mass is 10.1. The minimum atomic E-state index is -0.188. The number of methoxy groups -OCH3 is 2. The van der Waals surface area contributed by atoms with Gasteiger partial charge in [-0.1, -0.05) is 6.07 Å². The van der Waals surface area contributed by atoms with Crippen molar-refractivity contribution in [2.45, 2.75) is 12.8 Å². The van der Waals surface area contributed by atoms with Crippen molar-refractivity contribution in [2.24, 2.45) is 0 Å². The summed E-state index contributed by atoms with van der Waals surface area (Å²) >= 11 is 0. The predicted octanol–water partition coefficient (Wildman–Crippen LogP) is 1.58. The summed E-state index contributed by atoms with van der Waals surface area (Å²) in [4.78, 5) is 27.6. The van der Waals surface area contributed by atoms with Crippen LogP contribution in [0.3, 0.4) is 0 Å². The van der Waals surface area contributed by atoms with Gasteiger partial charge in [0, 0.05) is 37.5 Å². The van der Waals surface area contributed by atoms with Crippen molar-refractivity contribution in [3.63, 3.8) is 0 Å². The number of carbonyl (C=O) groups is 2. The first kappa shape index (κ1) is 19.2. The van der Waals surface area contributed by atoms with Crippen LogP contribution in [0.15, 0.2) is 42.7 Å². The Labute approximate surface area is 152 Å². The van der Waals surface area contributed by atoms with Crippen molar-refractivity contribution in [1.82, 2.24) is 15.6 Å². The molecule has 2 rings (SSSR count). The number of nitrogens with zero attached hydrogens (tertiary/aromatic N) is 1. The summed E-state index contributed by atoms with van der Waals surface area (Å²) in [6.45, 7) is 0.741. The number of pyridine rings is 1. The summed E-state index contributed by atoms with van der Waals surface area (Å²) < 4.78 is 10.4. The van der Waals surface area contributed by atoms with Gasteiger partial charge < -0.3 is 20.1 Å². The Morgan fingerprint density at radius 2 is 1.65 bits per heavy atom. The predicted molar refractivity (Wildman–Crippen MR) is 97.4 cm³/mol. The molecule has 7 nitrogen and oxygen atoms in total. The molecule has 0 spiro atoms. The summed E-state index contributed by atoms with van der Waals surface area (Å²) in [5.41, 5.74) is 1.53. The first-order valence-corrected chi connectivity index (χ1v) is 8.30. The van der Waals surface area contributed by atoms with E-state index in [0.29, 0.717) is 43.0 Å². The fourth-order valence-electron chi connectivity index (χ4n) is 2.37. The van der Waals surface area contributed by atoms with Crippen molar-refractivity contribution >= 4 is 11.8 Å². The van der Waals surface area contributed by atoms with E-state index >= 15 is 0 Å². The highest BCUT2D eigenvalue weighted by Gasteiger charge is 2.07. The van der Waals surface area contributed by atoms with E-state index in [1.165, 1.54) is 0 Å². The van der Waals surface area contributed by atoms with E-state index in [4.69, 9.17) is 9.47 Å². The zero-order valence-electron chi connectivity index (χ0n) is 15.0. The monoisotopic (exact) mass is 357 g/mol. The third kappa shape index (κ3) is 5.77. The average Bonchev–Trinajstić information content (AvgIpc) is 2.69. The molecule has 0 aliphatic rings. The first-order valence-electron chi connectivity index (χ1n) is 8.30. The summed E-state index contributed by atoms with van der Waals surface area (Å²) in [5, 5.41) is 5.53. The number of amides is 2. The van der Waals surface area contributed by atoms with Gasteiger partial charge in [-0.3, -0.25) is 14.6 Å². The van der Waals surface area contributed by atoms with Crippen molar-refractivity contribution < 1.29 is 19.1 Å². The minimum absolute atomic E-state index is 0.0713. The Morgan fingerprint density at radius 1 is 0.962 bits per heavy atom. The molecule has 138 valence electrons. The zero-order chi connectivity index (χ0) is 18.8. The number of nitrogens with one attached hydrogen (secondary N) is 2. The molecule has 0 fully saturated rings. The fraction of sp³-hybridized carbons (Fsp3) is 0.316. The molecule has 1 aromatic carbocycles. The van der Waals surface area contributed by atoms with Crippen LogP contribution in [-0.4, -0.2) is 44.1 Å². The molecular weight excluding hydrogens is 334 g/mol. The van der Waals surface area contributed by atoms with Gasteiger partial charge in [-0.15, -0.1) is 0 Å². The van der Waals surface area contributed by atoms with E-state index < -0.39 is 0 Å². The largest absolute Gasteiger partial charge is 0.493 e. The maximum Gasteiger partial charge on any atom is 0.251 e. The number of benzene rings is 1. The number of hydrogen-bond donors (Lipinski definition) is 2. The molecule has 2 aromatic rings. The quantitative estimate of drug-likeness (QED) is 0.665. The zero-order valence-corrected chi connectivity index (χ0v) is 15.0. The Balaban J connectivity index is 1.68. The molecule has 0 saturated heterocycles. The summed E-state index contributed by atoms with van der Waals surface area (Å²) in [6, 6.07) is 8.86. The number of hydrogen-bond acceptors (Lipinski definition) is 5. The van der Waals surface area contributed by atoms with E-state index in [-0.39, 0.29) is 11.8 Å². The minimum Gasteiger partial charge on any atom is -0.493 e. The van der Waals surface area contributed by atoms with Crippen LogP contribution in [0.25, 0.3) is 0 Å². The van der Waals surface area contributed by atoms with E-state index in [0.717, 1.165) is 5.56 Å². The number of carbonyl (C=O) groups excluding carboxylic acids is 2. The summed E-state index contributed by atoms with van der Waals surface area (Å²) in [6.07, 6.45) is 4.07. The fourth-order valence-corrected chi connectivity index (χ4v) is 2.37.